The molecule has 9 nitrogen and oxygen atoms in total. The van der Waals surface area contributed by atoms with E-state index in [1.54, 1.807) is 40.3 Å². The van der Waals surface area contributed by atoms with Gasteiger partial charge in [-0.05, 0) is 54.8 Å². The summed E-state index contributed by atoms with van der Waals surface area (Å²) in [5.74, 6) is 1.54. The number of methoxy groups -OCH3 is 2. The molecule has 12 heteroatoms. The van der Waals surface area contributed by atoms with Gasteiger partial charge in [0.2, 0.25) is 0 Å². The smallest absolute Gasteiger partial charge is 0.418 e. The monoisotopic (exact) mass is 633 g/mol. The minimum absolute atomic E-state index is 0.0299. The Bertz CT molecular complexity index is 1750. The lowest BCUT2D eigenvalue weighted by atomic mass is 10.0. The number of halogens is 3. The molecule has 4 aromatic rings. The highest BCUT2D eigenvalue weighted by molar-refractivity contribution is 6.11. The van der Waals surface area contributed by atoms with E-state index in [0.29, 0.717) is 60.4 Å². The maximum atomic E-state index is 14.4. The van der Waals surface area contributed by atoms with Crippen LogP contribution in [0.3, 0.4) is 0 Å². The SMILES string of the molecule is COc1ccc(N2C(=O)N(c3c(C)cccc3C)Cc3cnc(Cc4ccc(N5CCOCC5)c(C(F)(F)F)c4)nc32)c(OC)c1. The molecule has 0 bridgehead atoms. The first-order valence-electron chi connectivity index (χ1n) is 14.9. The second-order valence-corrected chi connectivity index (χ2v) is 11.2. The fourth-order valence-corrected chi connectivity index (χ4v) is 6.05. The van der Waals surface area contributed by atoms with Crippen LogP contribution in [0.5, 0.6) is 11.5 Å². The number of rotatable bonds is 7. The standard InChI is InChI=1S/C34H34F3N5O4/c1-21-6-5-7-22(2)31(21)41-20-24-19-38-30(39-32(24)42(33(41)43)28-11-9-25(44-3)18-29(28)45-4)17-23-8-10-27(26(16-23)34(35,36)37)40-12-14-46-15-13-40/h5-11,16,18-19H,12-15,17,20H2,1-4H3. The predicted octanol–water partition coefficient (Wildman–Crippen LogP) is 6.84. The lowest BCUT2D eigenvalue weighted by Crippen LogP contribution is -2.46. The Balaban J connectivity index is 1.42. The summed E-state index contributed by atoms with van der Waals surface area (Å²) >= 11 is 0. The number of benzene rings is 3. The first-order valence-corrected chi connectivity index (χ1v) is 14.9. The van der Waals surface area contributed by atoms with Crippen molar-refractivity contribution in [3.63, 3.8) is 0 Å². The zero-order chi connectivity index (χ0) is 32.6. The van der Waals surface area contributed by atoms with Gasteiger partial charge in [0.05, 0.1) is 50.9 Å². The molecule has 240 valence electrons. The Morgan fingerprint density at radius 2 is 1.65 bits per heavy atom. The van der Waals surface area contributed by atoms with E-state index in [1.165, 1.54) is 25.2 Å². The topological polar surface area (TPSA) is 80.3 Å². The summed E-state index contributed by atoms with van der Waals surface area (Å²) < 4.78 is 59.1. The van der Waals surface area contributed by atoms with E-state index in [9.17, 15) is 18.0 Å². The van der Waals surface area contributed by atoms with Crippen LogP contribution < -0.4 is 24.2 Å². The highest BCUT2D eigenvalue weighted by Gasteiger charge is 2.38. The predicted molar refractivity (Wildman–Crippen MR) is 168 cm³/mol. The van der Waals surface area contributed by atoms with Gasteiger partial charge in [-0.3, -0.25) is 4.90 Å². The van der Waals surface area contributed by atoms with Crippen LogP contribution in [0.4, 0.5) is 40.8 Å². The minimum Gasteiger partial charge on any atom is -0.497 e. The number of carbonyl (C=O) groups excluding carboxylic acids is 1. The van der Waals surface area contributed by atoms with E-state index in [4.69, 9.17) is 19.2 Å². The minimum atomic E-state index is -4.55. The van der Waals surface area contributed by atoms with Crippen molar-refractivity contribution in [2.75, 3.05) is 55.2 Å². The summed E-state index contributed by atoms with van der Waals surface area (Å²) in [6, 6.07) is 14.9. The summed E-state index contributed by atoms with van der Waals surface area (Å²) in [5, 5.41) is 0. The van der Waals surface area contributed by atoms with Crippen LogP contribution >= 0.6 is 0 Å². The maximum Gasteiger partial charge on any atom is 0.418 e. The molecule has 2 aliphatic rings. The number of anilines is 4. The molecular weight excluding hydrogens is 599 g/mol. The van der Waals surface area contributed by atoms with Gasteiger partial charge in [-0.1, -0.05) is 24.3 Å². The van der Waals surface area contributed by atoms with Crippen molar-refractivity contribution >= 4 is 28.9 Å². The fraction of sp³-hybridized carbons (Fsp3) is 0.324. The third kappa shape index (κ3) is 5.92. The van der Waals surface area contributed by atoms with Crippen LogP contribution in [-0.2, 0) is 23.9 Å². The maximum absolute atomic E-state index is 14.4. The molecule has 0 spiro atoms. The zero-order valence-electron chi connectivity index (χ0n) is 26.0. The Hall–Kier alpha value is -4.84. The summed E-state index contributed by atoms with van der Waals surface area (Å²) in [7, 11) is 3.04. The molecule has 0 N–H and O–H groups in total. The van der Waals surface area contributed by atoms with E-state index < -0.39 is 11.7 Å². The molecule has 1 saturated heterocycles. The van der Waals surface area contributed by atoms with Gasteiger partial charge in [-0.2, -0.15) is 13.2 Å². The van der Waals surface area contributed by atoms with Crippen molar-refractivity contribution in [3.05, 3.63) is 94.4 Å². The number of morpholine rings is 1. The number of ether oxygens (including phenoxy) is 3. The van der Waals surface area contributed by atoms with E-state index in [2.05, 4.69) is 4.98 Å². The normalized spacial score (nSPS) is 15.2. The summed E-state index contributed by atoms with van der Waals surface area (Å²) in [6.45, 7) is 5.61. The van der Waals surface area contributed by atoms with Crippen LogP contribution in [0.2, 0.25) is 0 Å². The molecule has 2 amide bonds. The third-order valence-corrected chi connectivity index (χ3v) is 8.27. The number of alkyl halides is 3. The fourth-order valence-electron chi connectivity index (χ4n) is 6.05. The molecular formula is C34H34F3N5O4. The van der Waals surface area contributed by atoms with Crippen molar-refractivity contribution in [3.8, 4) is 11.5 Å². The molecule has 0 saturated carbocycles. The van der Waals surface area contributed by atoms with E-state index >= 15 is 0 Å². The lowest BCUT2D eigenvalue weighted by molar-refractivity contribution is -0.137. The van der Waals surface area contributed by atoms with Gasteiger partial charge in [-0.25, -0.2) is 19.7 Å². The van der Waals surface area contributed by atoms with Gasteiger partial charge in [0.15, 0.2) is 0 Å². The quantitative estimate of drug-likeness (QED) is 0.221. The van der Waals surface area contributed by atoms with Gasteiger partial charge < -0.3 is 19.1 Å². The molecule has 0 radical (unpaired) electrons. The summed E-state index contributed by atoms with van der Waals surface area (Å²) in [6.07, 6.45) is -2.88. The largest absolute Gasteiger partial charge is 0.497 e. The molecule has 3 heterocycles. The number of amides is 2. The number of para-hydroxylation sites is 1. The van der Waals surface area contributed by atoms with Crippen LogP contribution in [0.25, 0.3) is 0 Å². The number of urea groups is 1. The molecule has 1 fully saturated rings. The van der Waals surface area contributed by atoms with Gasteiger partial charge in [0, 0.05) is 43.0 Å². The summed E-state index contributed by atoms with van der Waals surface area (Å²) in [4.78, 5) is 28.6. The molecule has 2 aliphatic heterocycles. The molecule has 3 aromatic carbocycles. The van der Waals surface area contributed by atoms with E-state index in [-0.39, 0.29) is 30.5 Å². The van der Waals surface area contributed by atoms with Gasteiger partial charge in [0.25, 0.3) is 0 Å². The van der Waals surface area contributed by atoms with Crippen LogP contribution in [0, 0.1) is 13.8 Å². The molecule has 6 rings (SSSR count). The number of aromatic nitrogens is 2. The highest BCUT2D eigenvalue weighted by Crippen LogP contribution is 2.43. The highest BCUT2D eigenvalue weighted by atomic mass is 19.4. The second kappa shape index (κ2) is 12.5. The molecule has 0 atom stereocenters. The number of carbonyl (C=O) groups is 1. The second-order valence-electron chi connectivity index (χ2n) is 11.2. The van der Waals surface area contributed by atoms with Gasteiger partial charge in [0.1, 0.15) is 23.1 Å². The third-order valence-electron chi connectivity index (χ3n) is 8.27. The summed E-state index contributed by atoms with van der Waals surface area (Å²) in [5.41, 5.74) is 3.55. The number of hydrogen-bond acceptors (Lipinski definition) is 7. The first-order chi connectivity index (χ1) is 22.1. The Kier molecular flexibility index (Phi) is 8.47. The average molecular weight is 634 g/mol. The average Bonchev–Trinajstić information content (AvgIpc) is 3.05. The zero-order valence-corrected chi connectivity index (χ0v) is 26.0. The van der Waals surface area contributed by atoms with Crippen molar-refractivity contribution < 1.29 is 32.2 Å². The number of nitrogens with zero attached hydrogens (tertiary/aromatic N) is 5. The number of fused-ring (bicyclic) bond motifs is 1. The van der Waals surface area contributed by atoms with Crippen molar-refractivity contribution in [1.29, 1.82) is 0 Å². The van der Waals surface area contributed by atoms with E-state index in [0.717, 1.165) is 22.9 Å². The molecule has 46 heavy (non-hydrogen) atoms. The Labute approximate surface area is 265 Å². The molecule has 0 aliphatic carbocycles. The van der Waals surface area contributed by atoms with Crippen molar-refractivity contribution in [2.24, 2.45) is 0 Å². The number of hydrogen-bond donors (Lipinski definition) is 0. The lowest BCUT2D eigenvalue weighted by Gasteiger charge is -2.37. The van der Waals surface area contributed by atoms with Crippen LogP contribution in [-0.4, -0.2) is 56.5 Å². The molecule has 0 unspecified atom stereocenters. The van der Waals surface area contributed by atoms with Crippen LogP contribution in [0.15, 0.2) is 60.8 Å². The van der Waals surface area contributed by atoms with Gasteiger partial charge in [-0.15, -0.1) is 0 Å². The van der Waals surface area contributed by atoms with Crippen molar-refractivity contribution in [2.45, 2.75) is 33.0 Å². The first kappa shape index (κ1) is 31.2. The Morgan fingerprint density at radius 3 is 2.33 bits per heavy atom. The number of aryl methyl sites for hydroxylation is 2. The van der Waals surface area contributed by atoms with Gasteiger partial charge >= 0.3 is 12.2 Å². The van der Waals surface area contributed by atoms with Crippen molar-refractivity contribution in [1.82, 2.24) is 9.97 Å². The van der Waals surface area contributed by atoms with E-state index in [1.807, 2.05) is 32.0 Å². The molecule has 1 aromatic heterocycles. The Morgan fingerprint density at radius 1 is 0.935 bits per heavy atom. The van der Waals surface area contributed by atoms with Crippen LogP contribution in [0.1, 0.15) is 33.6 Å².